The Labute approximate surface area is 112 Å². The first-order valence-corrected chi connectivity index (χ1v) is 6.27. The number of H-pyrrole nitrogens is 1. The first kappa shape index (κ1) is 11.8. The van der Waals surface area contributed by atoms with E-state index in [0.717, 1.165) is 10.8 Å². The average Bonchev–Trinajstić information content (AvgIpc) is 3.05. The Morgan fingerprint density at radius 2 is 2.05 bits per heavy atom. The molecule has 0 unspecified atom stereocenters. The lowest BCUT2D eigenvalue weighted by atomic mass is 10.3. The number of benzene rings is 1. The van der Waals surface area contributed by atoms with E-state index in [2.05, 4.69) is 20.5 Å². The molecule has 2 N–H and O–H groups in total. The number of hydrogen-bond acceptors (Lipinski definition) is 5. The Balaban J connectivity index is 1.69. The summed E-state index contributed by atoms with van der Waals surface area (Å²) in [6.45, 7) is 0. The van der Waals surface area contributed by atoms with Gasteiger partial charge in [-0.1, -0.05) is 0 Å². The minimum absolute atomic E-state index is 0.283. The summed E-state index contributed by atoms with van der Waals surface area (Å²) in [4.78, 5) is 4.23. The summed E-state index contributed by atoms with van der Waals surface area (Å²) >= 11 is 1.33. The first-order valence-electron chi connectivity index (χ1n) is 5.46. The molecule has 0 radical (unpaired) electrons. The fourth-order valence-electron chi connectivity index (χ4n) is 1.43. The van der Waals surface area contributed by atoms with Crippen molar-refractivity contribution in [3.05, 3.63) is 48.5 Å². The van der Waals surface area contributed by atoms with Crippen LogP contribution in [0, 0.1) is 5.82 Å². The van der Waals surface area contributed by atoms with Gasteiger partial charge >= 0.3 is 0 Å². The molecule has 0 saturated heterocycles. The fourth-order valence-corrected chi connectivity index (χ4v) is 2.09. The molecule has 0 aliphatic rings. The van der Waals surface area contributed by atoms with E-state index in [4.69, 9.17) is 4.42 Å². The zero-order valence-corrected chi connectivity index (χ0v) is 10.4. The molecule has 2 heterocycles. The van der Waals surface area contributed by atoms with E-state index in [1.807, 2.05) is 6.07 Å². The molecular weight excluding hydrogens is 267 g/mol. The third-order valence-electron chi connectivity index (χ3n) is 2.26. The molecule has 0 spiro atoms. The Morgan fingerprint density at radius 1 is 1.21 bits per heavy atom. The van der Waals surface area contributed by atoms with Crippen LogP contribution in [0.1, 0.15) is 0 Å². The normalized spacial score (nSPS) is 10.6. The highest BCUT2D eigenvalue weighted by molar-refractivity contribution is 7.99. The molecule has 0 bridgehead atoms. The van der Waals surface area contributed by atoms with Crippen LogP contribution in [0.25, 0.3) is 0 Å². The fraction of sp³-hybridized carbons (Fsp3) is 0. The summed E-state index contributed by atoms with van der Waals surface area (Å²) in [6.07, 6.45) is 1.59. The van der Waals surface area contributed by atoms with Gasteiger partial charge in [-0.3, -0.25) is 5.10 Å². The molecule has 1 aromatic carbocycles. The molecule has 7 heteroatoms. The van der Waals surface area contributed by atoms with Crippen LogP contribution in [-0.2, 0) is 0 Å². The van der Waals surface area contributed by atoms with Gasteiger partial charge in [-0.25, -0.2) is 4.39 Å². The quantitative estimate of drug-likeness (QED) is 0.764. The number of hydrogen-bond donors (Lipinski definition) is 2. The van der Waals surface area contributed by atoms with Crippen LogP contribution < -0.4 is 5.32 Å². The third kappa shape index (κ3) is 2.94. The predicted octanol–water partition coefficient (Wildman–Crippen LogP) is 3.43. The SMILES string of the molecule is Fc1ccc(Nc2n[nH]c(Sc3ccco3)n2)cc1. The second kappa shape index (κ2) is 5.15. The zero-order chi connectivity index (χ0) is 13.1. The number of anilines is 2. The predicted molar refractivity (Wildman–Crippen MR) is 68.9 cm³/mol. The largest absolute Gasteiger partial charge is 0.458 e. The van der Waals surface area contributed by atoms with E-state index in [1.165, 1.54) is 23.9 Å². The number of aromatic amines is 1. The molecule has 2 aromatic heterocycles. The van der Waals surface area contributed by atoms with Gasteiger partial charge in [0.25, 0.3) is 0 Å². The van der Waals surface area contributed by atoms with Crippen molar-refractivity contribution in [2.75, 3.05) is 5.32 Å². The Bertz CT molecular complexity index is 651. The highest BCUT2D eigenvalue weighted by atomic mass is 32.2. The zero-order valence-electron chi connectivity index (χ0n) is 9.63. The summed E-state index contributed by atoms with van der Waals surface area (Å²) in [7, 11) is 0. The minimum atomic E-state index is -0.283. The van der Waals surface area contributed by atoms with Crippen LogP contribution in [0.3, 0.4) is 0 Å². The molecule has 0 amide bonds. The second-order valence-electron chi connectivity index (χ2n) is 3.63. The smallest absolute Gasteiger partial charge is 0.247 e. The Hall–Kier alpha value is -2.28. The number of rotatable bonds is 4. The Kier molecular flexibility index (Phi) is 3.20. The minimum Gasteiger partial charge on any atom is -0.458 e. The lowest BCUT2D eigenvalue weighted by Crippen LogP contribution is -1.92. The van der Waals surface area contributed by atoms with Gasteiger partial charge in [0.2, 0.25) is 5.95 Å². The van der Waals surface area contributed by atoms with Crippen molar-refractivity contribution in [1.82, 2.24) is 15.2 Å². The van der Waals surface area contributed by atoms with Gasteiger partial charge in [0, 0.05) is 5.69 Å². The van der Waals surface area contributed by atoms with Crippen molar-refractivity contribution < 1.29 is 8.81 Å². The monoisotopic (exact) mass is 276 g/mol. The molecule has 0 aliphatic carbocycles. The number of nitrogens with zero attached hydrogens (tertiary/aromatic N) is 2. The van der Waals surface area contributed by atoms with Crippen molar-refractivity contribution in [1.29, 1.82) is 0 Å². The number of aromatic nitrogens is 3. The standard InChI is InChI=1S/C12H9FN4OS/c13-8-3-5-9(6-4-8)14-11-15-12(17-16-11)19-10-2-1-7-18-10/h1-7H,(H2,14,15,16,17). The van der Waals surface area contributed by atoms with Crippen molar-refractivity contribution in [3.63, 3.8) is 0 Å². The van der Waals surface area contributed by atoms with Crippen LogP contribution in [0.15, 0.2) is 57.3 Å². The first-order chi connectivity index (χ1) is 9.29. The van der Waals surface area contributed by atoms with Gasteiger partial charge in [0.1, 0.15) is 5.82 Å². The van der Waals surface area contributed by atoms with Crippen LogP contribution >= 0.6 is 11.8 Å². The number of nitrogens with one attached hydrogen (secondary N) is 2. The van der Waals surface area contributed by atoms with Crippen LogP contribution in [-0.4, -0.2) is 15.2 Å². The van der Waals surface area contributed by atoms with Gasteiger partial charge in [0.15, 0.2) is 10.2 Å². The molecule has 5 nitrogen and oxygen atoms in total. The summed E-state index contributed by atoms with van der Waals surface area (Å²) in [6, 6.07) is 9.60. The highest BCUT2D eigenvalue weighted by Gasteiger charge is 2.06. The van der Waals surface area contributed by atoms with Crippen molar-refractivity contribution >= 4 is 23.4 Å². The van der Waals surface area contributed by atoms with E-state index in [0.29, 0.717) is 11.1 Å². The van der Waals surface area contributed by atoms with E-state index >= 15 is 0 Å². The molecule has 0 saturated carbocycles. The average molecular weight is 276 g/mol. The van der Waals surface area contributed by atoms with Crippen molar-refractivity contribution in [2.24, 2.45) is 0 Å². The lowest BCUT2D eigenvalue weighted by Gasteiger charge is -1.99. The second-order valence-corrected chi connectivity index (χ2v) is 4.62. The molecule has 19 heavy (non-hydrogen) atoms. The molecule has 96 valence electrons. The maximum atomic E-state index is 12.8. The van der Waals surface area contributed by atoms with Crippen LogP contribution in [0.2, 0.25) is 0 Å². The van der Waals surface area contributed by atoms with Crippen LogP contribution in [0.4, 0.5) is 16.0 Å². The molecule has 0 fully saturated rings. The summed E-state index contributed by atoms with van der Waals surface area (Å²) < 4.78 is 18.0. The molecule has 0 atom stereocenters. The van der Waals surface area contributed by atoms with Crippen LogP contribution in [0.5, 0.6) is 0 Å². The maximum absolute atomic E-state index is 12.8. The Morgan fingerprint density at radius 3 is 2.79 bits per heavy atom. The topological polar surface area (TPSA) is 66.7 Å². The van der Waals surface area contributed by atoms with E-state index in [1.54, 1.807) is 24.5 Å². The molecule has 3 aromatic rings. The molecule has 0 aliphatic heterocycles. The summed E-state index contributed by atoms with van der Waals surface area (Å²) in [5.41, 5.74) is 0.718. The molecular formula is C12H9FN4OS. The van der Waals surface area contributed by atoms with Crippen molar-refractivity contribution in [2.45, 2.75) is 10.2 Å². The summed E-state index contributed by atoms with van der Waals surface area (Å²) in [5.74, 6) is 0.135. The van der Waals surface area contributed by atoms with E-state index < -0.39 is 0 Å². The maximum Gasteiger partial charge on any atom is 0.247 e. The lowest BCUT2D eigenvalue weighted by molar-refractivity contribution is 0.474. The van der Waals surface area contributed by atoms with Gasteiger partial charge in [-0.2, -0.15) is 4.98 Å². The van der Waals surface area contributed by atoms with Crippen molar-refractivity contribution in [3.8, 4) is 0 Å². The number of halogens is 1. The van der Waals surface area contributed by atoms with E-state index in [9.17, 15) is 4.39 Å². The highest BCUT2D eigenvalue weighted by Crippen LogP contribution is 2.25. The summed E-state index contributed by atoms with van der Waals surface area (Å²) in [5, 5.41) is 11.1. The van der Waals surface area contributed by atoms with Gasteiger partial charge in [-0.05, 0) is 48.2 Å². The third-order valence-corrected chi connectivity index (χ3v) is 3.07. The number of furan rings is 1. The van der Waals surface area contributed by atoms with E-state index in [-0.39, 0.29) is 5.82 Å². The van der Waals surface area contributed by atoms with Gasteiger partial charge in [0.05, 0.1) is 6.26 Å². The van der Waals surface area contributed by atoms with Gasteiger partial charge in [-0.15, -0.1) is 5.10 Å². The molecule has 3 rings (SSSR count). The van der Waals surface area contributed by atoms with Gasteiger partial charge < -0.3 is 9.73 Å².